The smallest absolute Gasteiger partial charge is 0.327 e. The number of aliphatic hydroxyl groups excluding tert-OH is 4. The van der Waals surface area contributed by atoms with Crippen molar-refractivity contribution in [3.8, 4) is 22.6 Å². The van der Waals surface area contributed by atoms with E-state index in [1.807, 2.05) is 32.0 Å². The largest absolute Gasteiger partial charge is 0.508 e. The number of carboxylic acids is 1. The third kappa shape index (κ3) is 8.14. The number of phenolic OH excluding ortho intramolecular Hbond substituents is 1. The van der Waals surface area contributed by atoms with Gasteiger partial charge < -0.3 is 54.4 Å². The van der Waals surface area contributed by atoms with E-state index in [9.17, 15) is 50.1 Å². The minimum atomic E-state index is -2.51. The zero-order valence-electron chi connectivity index (χ0n) is 32.5. The van der Waals surface area contributed by atoms with Gasteiger partial charge in [0.2, 0.25) is 12.6 Å². The molecule has 0 amide bonds. The van der Waals surface area contributed by atoms with E-state index < -0.39 is 73.6 Å². The molecule has 1 aromatic heterocycles. The highest BCUT2D eigenvalue weighted by Crippen LogP contribution is 2.40. The number of phenols is 1. The Morgan fingerprint density at radius 2 is 1.75 bits per heavy atom. The van der Waals surface area contributed by atoms with Crippen molar-refractivity contribution in [2.75, 3.05) is 20.2 Å². The number of carboxylic acid groups (broad SMARTS) is 1. The van der Waals surface area contributed by atoms with Crippen LogP contribution in [-0.4, -0.2) is 122 Å². The number of carbonyl (C=O) groups is 2. The lowest BCUT2D eigenvalue weighted by atomic mass is 9.92. The summed E-state index contributed by atoms with van der Waals surface area (Å²) < 4.78 is 23.0. The summed E-state index contributed by atoms with van der Waals surface area (Å²) in [6.45, 7) is 3.28. The quantitative estimate of drug-likeness (QED) is 0.0508. The lowest BCUT2D eigenvalue weighted by Crippen LogP contribution is -2.64. The number of benzene rings is 3. The summed E-state index contributed by atoms with van der Waals surface area (Å²) >= 11 is 0. The molecule has 3 aliphatic rings. The minimum absolute atomic E-state index is 0.00275. The zero-order chi connectivity index (χ0) is 43.0. The molecule has 18 heteroatoms. The number of rotatable bonds is 14. The molecular formula is C42H43N3O15. The Hall–Kier alpha value is -5.96. The van der Waals surface area contributed by atoms with Gasteiger partial charge >= 0.3 is 11.9 Å². The Morgan fingerprint density at radius 3 is 2.42 bits per heavy atom. The Bertz CT molecular complexity index is 2430. The fraction of sp³-hybridized carbons (Fsp3) is 0.333. The maximum Gasteiger partial charge on any atom is 0.327 e. The van der Waals surface area contributed by atoms with Gasteiger partial charge in [-0.15, -0.1) is 0 Å². The van der Waals surface area contributed by atoms with Gasteiger partial charge in [-0.3, -0.25) is 29.5 Å². The van der Waals surface area contributed by atoms with Crippen LogP contribution in [0, 0.1) is 19.8 Å². The van der Waals surface area contributed by atoms with Crippen molar-refractivity contribution >= 4 is 34.8 Å². The molecule has 0 saturated carbocycles. The Morgan fingerprint density at radius 1 is 1.03 bits per heavy atom. The number of aliphatic hydroxyl groups is 5. The molecule has 316 valence electrons. The molecule has 7 rings (SSSR count). The summed E-state index contributed by atoms with van der Waals surface area (Å²) in [6.07, 6.45) is -7.72. The van der Waals surface area contributed by atoms with Crippen LogP contribution in [0.4, 0.5) is 0 Å². The number of esters is 1. The van der Waals surface area contributed by atoms with Crippen LogP contribution < -0.4 is 15.5 Å². The number of hydrogen-bond donors (Lipinski definition) is 8. The van der Waals surface area contributed by atoms with Crippen molar-refractivity contribution in [2.45, 2.75) is 63.0 Å². The molecule has 0 aliphatic carbocycles. The molecule has 0 bridgehead atoms. The van der Waals surface area contributed by atoms with E-state index in [1.54, 1.807) is 24.4 Å². The average molecular weight is 830 g/mol. The molecule has 8 unspecified atom stereocenters. The molecule has 18 nitrogen and oxygen atoms in total. The lowest BCUT2D eigenvalue weighted by Gasteiger charge is -2.44. The Kier molecular flexibility index (Phi) is 11.9. The van der Waals surface area contributed by atoms with E-state index in [0.29, 0.717) is 17.0 Å². The number of hydroxylamine groups is 2. The second-order valence-electron chi connectivity index (χ2n) is 14.6. The summed E-state index contributed by atoms with van der Waals surface area (Å²) in [5, 5.41) is 78.0. The summed E-state index contributed by atoms with van der Waals surface area (Å²) in [5.41, 5.74) is 2.48. The molecule has 3 aromatic carbocycles. The van der Waals surface area contributed by atoms with Gasteiger partial charge in [0, 0.05) is 36.4 Å². The zero-order valence-corrected chi connectivity index (χ0v) is 32.5. The number of ether oxygens (including phenoxy) is 3. The van der Waals surface area contributed by atoms with Crippen LogP contribution in [0.15, 0.2) is 98.5 Å². The highest BCUT2D eigenvalue weighted by atomic mass is 16.8. The number of aliphatic carboxylic acids is 1. The van der Waals surface area contributed by atoms with Crippen LogP contribution in [0.1, 0.15) is 23.1 Å². The normalized spacial score (nSPS) is 23.2. The topological polar surface area (TPSA) is 271 Å². The fourth-order valence-corrected chi connectivity index (χ4v) is 7.49. The second kappa shape index (κ2) is 17.0. The molecule has 1 fully saturated rings. The van der Waals surface area contributed by atoms with E-state index >= 15 is 0 Å². The third-order valence-electron chi connectivity index (χ3n) is 10.5. The van der Waals surface area contributed by atoms with Gasteiger partial charge in [-0.2, -0.15) is 0 Å². The van der Waals surface area contributed by atoms with Crippen LogP contribution >= 0.6 is 0 Å². The second-order valence-corrected chi connectivity index (χ2v) is 14.6. The Balaban J connectivity index is 1.22. The predicted octanol–water partition coefficient (Wildman–Crippen LogP) is 1.46. The molecule has 4 aromatic rings. The first-order valence-electron chi connectivity index (χ1n) is 18.8. The van der Waals surface area contributed by atoms with E-state index in [2.05, 4.69) is 10.3 Å². The van der Waals surface area contributed by atoms with Crippen molar-refractivity contribution < 1.29 is 68.8 Å². The van der Waals surface area contributed by atoms with Crippen LogP contribution in [0.3, 0.4) is 0 Å². The molecule has 8 atom stereocenters. The van der Waals surface area contributed by atoms with Crippen molar-refractivity contribution in [1.29, 1.82) is 0 Å². The summed E-state index contributed by atoms with van der Waals surface area (Å²) in [6, 6.07) is 16.0. The SMILES string of the molecule is CNC(O)(CCO)C(C(=O)O)C(=O)OC(O)C1OC(Oc2ccc3c(=O)c(-c4ccc(O)cc4)coc3c2)C(ON2CC3=CC=NC3=C2c2cc(C)cc(C)c2)C(O)C1O. The van der Waals surface area contributed by atoms with E-state index in [1.165, 1.54) is 41.7 Å². The number of hydrogen-bond acceptors (Lipinski definition) is 17. The van der Waals surface area contributed by atoms with E-state index in [-0.39, 0.29) is 40.0 Å². The molecule has 4 heterocycles. The number of nitrogens with one attached hydrogen (secondary N) is 1. The first kappa shape index (κ1) is 42.2. The third-order valence-corrected chi connectivity index (χ3v) is 10.5. The standard InChI is InChI=1S/C42H43N3O15/c1-20-14-21(2)16-24(15-20)32-31-23(10-12-44-31)18-45(32)60-37-35(50)34(49)36(40(54)59-39(53)30(38(51)52)42(55,43-3)11-13-46)58-41(37)57-26-8-9-27-29(17-26)56-19-28(33(27)48)22-4-6-25(47)7-5-22/h4-10,12,14-17,19,30,34-37,40-41,43,46-47,49-50,54-55H,11,13,18H2,1-3H3,(H,51,52). The van der Waals surface area contributed by atoms with Gasteiger partial charge in [0.05, 0.1) is 28.9 Å². The van der Waals surface area contributed by atoms with E-state index in [0.717, 1.165) is 29.3 Å². The molecule has 60 heavy (non-hydrogen) atoms. The highest BCUT2D eigenvalue weighted by Gasteiger charge is 2.53. The molecular weight excluding hydrogens is 786 g/mol. The molecule has 3 aliphatic heterocycles. The molecule has 8 N–H and O–H groups in total. The van der Waals surface area contributed by atoms with Gasteiger partial charge in [-0.25, -0.2) is 5.06 Å². The van der Waals surface area contributed by atoms with Gasteiger partial charge in [0.15, 0.2) is 23.6 Å². The molecule has 1 saturated heterocycles. The molecule has 0 radical (unpaired) electrons. The lowest BCUT2D eigenvalue weighted by molar-refractivity contribution is -0.344. The summed E-state index contributed by atoms with van der Waals surface area (Å²) in [4.78, 5) is 49.8. The number of nitrogens with zero attached hydrogens (tertiary/aromatic N) is 2. The van der Waals surface area contributed by atoms with Crippen molar-refractivity contribution in [3.63, 3.8) is 0 Å². The van der Waals surface area contributed by atoms with Crippen LogP contribution in [0.5, 0.6) is 11.5 Å². The van der Waals surface area contributed by atoms with Crippen LogP contribution in [0.2, 0.25) is 0 Å². The monoisotopic (exact) mass is 829 g/mol. The van der Waals surface area contributed by atoms with Crippen LogP contribution in [-0.2, 0) is 23.9 Å². The van der Waals surface area contributed by atoms with Crippen LogP contribution in [0.25, 0.3) is 27.8 Å². The maximum absolute atomic E-state index is 13.5. The van der Waals surface area contributed by atoms with Gasteiger partial charge in [0.1, 0.15) is 41.3 Å². The number of aromatic hydroxyl groups is 1. The number of aryl methyl sites for hydroxylation is 2. The van der Waals surface area contributed by atoms with E-state index in [4.69, 9.17) is 23.5 Å². The first-order chi connectivity index (χ1) is 28.6. The highest BCUT2D eigenvalue weighted by molar-refractivity contribution is 5.95. The number of allylic oxidation sites excluding steroid dienone is 1. The predicted molar refractivity (Wildman–Crippen MR) is 211 cm³/mol. The van der Waals surface area contributed by atoms with Crippen molar-refractivity contribution in [2.24, 2.45) is 10.9 Å². The summed E-state index contributed by atoms with van der Waals surface area (Å²) in [5.74, 6) is -5.88. The van der Waals surface area contributed by atoms with Crippen molar-refractivity contribution in [1.82, 2.24) is 10.4 Å². The Labute approximate surface area is 341 Å². The number of fused-ring (bicyclic) bond motifs is 2. The van der Waals surface area contributed by atoms with Gasteiger partial charge in [-0.05, 0) is 68.9 Å². The maximum atomic E-state index is 13.5. The molecule has 0 spiro atoms. The van der Waals surface area contributed by atoms with Gasteiger partial charge in [-0.1, -0.05) is 29.3 Å². The average Bonchev–Trinajstić information content (AvgIpc) is 3.79. The minimum Gasteiger partial charge on any atom is -0.508 e. The number of aliphatic imine (C=N–C) groups is 1. The van der Waals surface area contributed by atoms with Gasteiger partial charge in [0.25, 0.3) is 0 Å². The first-order valence-corrected chi connectivity index (χ1v) is 18.8. The fourth-order valence-electron chi connectivity index (χ4n) is 7.49. The van der Waals surface area contributed by atoms with Crippen molar-refractivity contribution in [3.05, 3.63) is 111 Å². The number of carbonyl (C=O) groups excluding carboxylic acids is 1. The summed E-state index contributed by atoms with van der Waals surface area (Å²) in [7, 11) is 1.15.